The topological polar surface area (TPSA) is 49.9 Å². The molecule has 120 valence electrons. The molecule has 0 aromatic carbocycles. The first-order valence-corrected chi connectivity index (χ1v) is 8.11. The Balaban J connectivity index is 1.79. The lowest BCUT2D eigenvalue weighted by Crippen LogP contribution is -2.46. The van der Waals surface area contributed by atoms with Gasteiger partial charge in [-0.25, -0.2) is 0 Å². The molecule has 1 amide bonds. The maximum atomic E-state index is 12.5. The van der Waals surface area contributed by atoms with Crippen molar-refractivity contribution in [2.24, 2.45) is 11.8 Å². The number of hydrogen-bond donors (Lipinski definition) is 0. The zero-order chi connectivity index (χ0) is 15.4. The number of hydrogen-bond acceptors (Lipinski definition) is 4. The molecular weight excluding hydrogens is 268 g/mol. The predicted octanol–water partition coefficient (Wildman–Crippen LogP) is 1.52. The average molecular weight is 296 g/mol. The highest BCUT2D eigenvalue weighted by atomic mass is 16.5. The van der Waals surface area contributed by atoms with Crippen LogP contribution in [0.4, 0.5) is 0 Å². The normalized spacial score (nSPS) is 20.6. The number of rotatable bonds is 6. The van der Waals surface area contributed by atoms with Crippen LogP contribution in [0.2, 0.25) is 0 Å². The third kappa shape index (κ3) is 4.70. The van der Waals surface area contributed by atoms with Crippen molar-refractivity contribution in [2.45, 2.75) is 45.6 Å². The summed E-state index contributed by atoms with van der Waals surface area (Å²) in [6.45, 7) is 7.30. The van der Waals surface area contributed by atoms with Crippen LogP contribution in [-0.4, -0.2) is 61.0 Å². The number of esters is 1. The maximum Gasteiger partial charge on any atom is 0.308 e. The van der Waals surface area contributed by atoms with Gasteiger partial charge in [-0.3, -0.25) is 14.5 Å². The van der Waals surface area contributed by atoms with E-state index in [-0.39, 0.29) is 17.8 Å². The molecular formula is C16H28N2O3. The summed E-state index contributed by atoms with van der Waals surface area (Å²) in [7, 11) is 1.44. The van der Waals surface area contributed by atoms with E-state index < -0.39 is 0 Å². The van der Waals surface area contributed by atoms with Gasteiger partial charge < -0.3 is 9.64 Å². The van der Waals surface area contributed by atoms with Gasteiger partial charge in [0.1, 0.15) is 0 Å². The number of carbonyl (C=O) groups excluding carboxylic acids is 2. The average Bonchev–Trinajstić information content (AvgIpc) is 3.29. The predicted molar refractivity (Wildman–Crippen MR) is 80.8 cm³/mol. The van der Waals surface area contributed by atoms with E-state index in [1.54, 1.807) is 0 Å². The molecule has 0 unspecified atom stereocenters. The zero-order valence-electron chi connectivity index (χ0n) is 13.5. The summed E-state index contributed by atoms with van der Waals surface area (Å²) in [5, 5.41) is 0. The minimum absolute atomic E-state index is 0.0107. The first kappa shape index (κ1) is 16.3. The highest BCUT2D eigenvalue weighted by molar-refractivity contribution is 5.79. The molecule has 1 heterocycles. The number of ether oxygens (including phenoxy) is 1. The Labute approximate surface area is 127 Å². The van der Waals surface area contributed by atoms with Gasteiger partial charge in [0.2, 0.25) is 5.91 Å². The Bertz CT molecular complexity index is 372. The lowest BCUT2D eigenvalue weighted by molar-refractivity contribution is -0.147. The number of piperidine rings is 1. The van der Waals surface area contributed by atoms with Crippen LogP contribution in [0.1, 0.15) is 39.5 Å². The van der Waals surface area contributed by atoms with Crippen LogP contribution < -0.4 is 0 Å². The van der Waals surface area contributed by atoms with Gasteiger partial charge in [0, 0.05) is 12.6 Å². The zero-order valence-corrected chi connectivity index (χ0v) is 13.5. The molecule has 0 spiro atoms. The Morgan fingerprint density at radius 2 is 1.81 bits per heavy atom. The molecule has 2 fully saturated rings. The van der Waals surface area contributed by atoms with E-state index in [2.05, 4.69) is 23.6 Å². The Morgan fingerprint density at radius 1 is 1.19 bits per heavy atom. The number of amides is 1. The SMILES string of the molecule is COC(=O)C1CCN(CC(=O)N(CC(C)C)C2CC2)CC1. The standard InChI is InChI=1S/C16H28N2O3/c1-12(2)10-18(14-4-5-14)15(19)11-17-8-6-13(7-9-17)16(20)21-3/h12-14H,4-11H2,1-3H3. The second kappa shape index (κ2) is 7.25. The van der Waals surface area contributed by atoms with Crippen LogP contribution in [0, 0.1) is 11.8 Å². The van der Waals surface area contributed by atoms with Gasteiger partial charge in [0.25, 0.3) is 0 Å². The van der Waals surface area contributed by atoms with Crippen LogP contribution in [-0.2, 0) is 14.3 Å². The fourth-order valence-electron chi connectivity index (χ4n) is 3.01. The van der Waals surface area contributed by atoms with E-state index in [0.29, 0.717) is 18.5 Å². The monoisotopic (exact) mass is 296 g/mol. The Morgan fingerprint density at radius 3 is 2.29 bits per heavy atom. The summed E-state index contributed by atoms with van der Waals surface area (Å²) in [4.78, 5) is 28.2. The molecule has 0 atom stereocenters. The molecule has 5 nitrogen and oxygen atoms in total. The van der Waals surface area contributed by atoms with Gasteiger partial charge >= 0.3 is 5.97 Å². The molecule has 0 N–H and O–H groups in total. The molecule has 21 heavy (non-hydrogen) atoms. The number of methoxy groups -OCH3 is 1. The highest BCUT2D eigenvalue weighted by Crippen LogP contribution is 2.28. The van der Waals surface area contributed by atoms with E-state index >= 15 is 0 Å². The van der Waals surface area contributed by atoms with Crippen molar-refractivity contribution >= 4 is 11.9 Å². The summed E-state index contributed by atoms with van der Waals surface area (Å²) in [6, 6.07) is 0.479. The number of nitrogens with zero attached hydrogens (tertiary/aromatic N) is 2. The van der Waals surface area contributed by atoms with Crippen molar-refractivity contribution < 1.29 is 14.3 Å². The molecule has 0 radical (unpaired) electrons. The van der Waals surface area contributed by atoms with Crippen LogP contribution in [0.25, 0.3) is 0 Å². The molecule has 1 aliphatic heterocycles. The van der Waals surface area contributed by atoms with Crippen LogP contribution in [0.3, 0.4) is 0 Å². The largest absolute Gasteiger partial charge is 0.469 e. The maximum absolute atomic E-state index is 12.5. The summed E-state index contributed by atoms with van der Waals surface area (Å²) in [5.41, 5.74) is 0. The molecule has 2 rings (SSSR count). The van der Waals surface area contributed by atoms with Crippen molar-refractivity contribution in [3.05, 3.63) is 0 Å². The van der Waals surface area contributed by atoms with E-state index in [9.17, 15) is 9.59 Å². The van der Waals surface area contributed by atoms with Crippen molar-refractivity contribution in [1.29, 1.82) is 0 Å². The van der Waals surface area contributed by atoms with E-state index in [0.717, 1.165) is 45.3 Å². The summed E-state index contributed by atoms with van der Waals surface area (Å²) in [6.07, 6.45) is 3.91. The van der Waals surface area contributed by atoms with E-state index in [4.69, 9.17) is 4.74 Å². The van der Waals surface area contributed by atoms with Crippen LogP contribution >= 0.6 is 0 Å². The van der Waals surface area contributed by atoms with Gasteiger partial charge in [0.05, 0.1) is 19.6 Å². The molecule has 5 heteroatoms. The van der Waals surface area contributed by atoms with Gasteiger partial charge in [-0.2, -0.15) is 0 Å². The second-order valence-corrected chi connectivity index (χ2v) is 6.74. The van der Waals surface area contributed by atoms with Gasteiger partial charge in [0.15, 0.2) is 0 Å². The first-order valence-electron chi connectivity index (χ1n) is 8.11. The molecule has 1 aliphatic carbocycles. The van der Waals surface area contributed by atoms with E-state index in [1.807, 2.05) is 0 Å². The van der Waals surface area contributed by atoms with Crippen molar-refractivity contribution in [1.82, 2.24) is 9.80 Å². The van der Waals surface area contributed by atoms with Crippen molar-refractivity contribution in [2.75, 3.05) is 33.3 Å². The molecule has 1 saturated heterocycles. The van der Waals surface area contributed by atoms with Gasteiger partial charge in [-0.05, 0) is 44.7 Å². The van der Waals surface area contributed by atoms with Crippen LogP contribution in [0.15, 0.2) is 0 Å². The fourth-order valence-corrected chi connectivity index (χ4v) is 3.01. The van der Waals surface area contributed by atoms with Gasteiger partial charge in [-0.15, -0.1) is 0 Å². The molecule has 1 saturated carbocycles. The van der Waals surface area contributed by atoms with E-state index in [1.165, 1.54) is 7.11 Å². The molecule has 0 bridgehead atoms. The molecule has 0 aromatic rings. The third-order valence-corrected chi connectivity index (χ3v) is 4.35. The third-order valence-electron chi connectivity index (χ3n) is 4.35. The quantitative estimate of drug-likeness (QED) is 0.697. The van der Waals surface area contributed by atoms with Gasteiger partial charge in [-0.1, -0.05) is 13.8 Å². The lowest BCUT2D eigenvalue weighted by Gasteiger charge is -2.32. The fraction of sp³-hybridized carbons (Fsp3) is 0.875. The smallest absolute Gasteiger partial charge is 0.308 e. The first-order chi connectivity index (χ1) is 10.0. The minimum atomic E-state index is -0.111. The lowest BCUT2D eigenvalue weighted by atomic mass is 9.97. The minimum Gasteiger partial charge on any atom is -0.469 e. The summed E-state index contributed by atoms with van der Waals surface area (Å²) < 4.78 is 4.80. The Hall–Kier alpha value is -1.10. The summed E-state index contributed by atoms with van der Waals surface area (Å²) in [5.74, 6) is 0.666. The van der Waals surface area contributed by atoms with Crippen molar-refractivity contribution in [3.63, 3.8) is 0 Å². The Kier molecular flexibility index (Phi) is 5.62. The molecule has 0 aromatic heterocycles. The summed E-state index contributed by atoms with van der Waals surface area (Å²) >= 11 is 0. The number of carbonyl (C=O) groups is 2. The second-order valence-electron chi connectivity index (χ2n) is 6.74. The highest BCUT2D eigenvalue weighted by Gasteiger charge is 2.34. The van der Waals surface area contributed by atoms with Crippen LogP contribution in [0.5, 0.6) is 0 Å². The number of likely N-dealkylation sites (tertiary alicyclic amines) is 1. The van der Waals surface area contributed by atoms with Crippen molar-refractivity contribution in [3.8, 4) is 0 Å². The molecule has 2 aliphatic rings.